The number of esters is 1. The number of ether oxygens (including phenoxy) is 3. The number of carbonyl (C=O) groups excluding carboxylic acids is 1. The monoisotopic (exact) mass is 342 g/mol. The first-order valence-electron chi connectivity index (χ1n) is 8.57. The second-order valence-electron chi connectivity index (χ2n) is 5.91. The summed E-state index contributed by atoms with van der Waals surface area (Å²) in [6.07, 6.45) is 1.09. The van der Waals surface area contributed by atoms with Crippen molar-refractivity contribution in [2.75, 3.05) is 13.7 Å². The van der Waals surface area contributed by atoms with Gasteiger partial charge in [0.25, 0.3) is 0 Å². The van der Waals surface area contributed by atoms with E-state index in [9.17, 15) is 4.79 Å². The van der Waals surface area contributed by atoms with Gasteiger partial charge in [-0.2, -0.15) is 0 Å². The fourth-order valence-electron chi connectivity index (χ4n) is 2.52. The van der Waals surface area contributed by atoms with Crippen LogP contribution in [0.5, 0.6) is 5.75 Å². The molecule has 0 heterocycles. The number of carbonyl (C=O) groups is 1. The van der Waals surface area contributed by atoms with Crippen LogP contribution in [-0.4, -0.2) is 19.7 Å². The minimum atomic E-state index is -0.152. The molecule has 0 spiro atoms. The molecule has 0 unspecified atom stereocenters. The number of hydrogen-bond donors (Lipinski definition) is 0. The summed E-state index contributed by atoms with van der Waals surface area (Å²) in [7, 11) is 1.66. The molecule has 4 heteroatoms. The highest BCUT2D eigenvalue weighted by Crippen LogP contribution is 2.16. The van der Waals surface area contributed by atoms with E-state index in [1.807, 2.05) is 31.2 Å². The van der Waals surface area contributed by atoms with E-state index in [4.69, 9.17) is 14.2 Å². The van der Waals surface area contributed by atoms with Gasteiger partial charge in [0.1, 0.15) is 5.75 Å². The van der Waals surface area contributed by atoms with E-state index < -0.39 is 0 Å². The molecule has 0 aliphatic heterocycles. The zero-order valence-corrected chi connectivity index (χ0v) is 15.2. The van der Waals surface area contributed by atoms with E-state index in [2.05, 4.69) is 25.1 Å². The molecule has 25 heavy (non-hydrogen) atoms. The first-order valence-corrected chi connectivity index (χ1v) is 8.57. The molecule has 0 atom stereocenters. The van der Waals surface area contributed by atoms with Crippen LogP contribution in [0.15, 0.2) is 42.5 Å². The van der Waals surface area contributed by atoms with Crippen LogP contribution in [0.3, 0.4) is 0 Å². The van der Waals surface area contributed by atoms with Crippen molar-refractivity contribution in [2.45, 2.75) is 39.9 Å². The molecule has 2 aromatic rings. The third kappa shape index (κ3) is 6.24. The molecule has 2 rings (SSSR count). The van der Waals surface area contributed by atoms with Gasteiger partial charge in [-0.25, -0.2) is 0 Å². The van der Waals surface area contributed by atoms with Crippen molar-refractivity contribution in [3.63, 3.8) is 0 Å². The van der Waals surface area contributed by atoms with E-state index in [-0.39, 0.29) is 5.97 Å². The Balaban J connectivity index is 1.87. The molecule has 134 valence electrons. The second-order valence-corrected chi connectivity index (χ2v) is 5.91. The molecule has 0 radical (unpaired) electrons. The van der Waals surface area contributed by atoms with E-state index in [0.717, 1.165) is 22.4 Å². The van der Waals surface area contributed by atoms with Crippen molar-refractivity contribution in [3.8, 4) is 5.75 Å². The number of aryl methyl sites for hydroxylation is 2. The maximum absolute atomic E-state index is 11.5. The van der Waals surface area contributed by atoms with E-state index in [1.165, 1.54) is 5.56 Å². The van der Waals surface area contributed by atoms with Gasteiger partial charge in [0.2, 0.25) is 0 Å². The largest absolute Gasteiger partial charge is 0.497 e. The Morgan fingerprint density at radius 3 is 2.40 bits per heavy atom. The molecule has 0 aliphatic rings. The molecule has 0 saturated heterocycles. The van der Waals surface area contributed by atoms with Gasteiger partial charge in [0.05, 0.1) is 26.9 Å². The summed E-state index contributed by atoms with van der Waals surface area (Å²) < 4.78 is 16.0. The molecule has 2 aromatic carbocycles. The summed E-state index contributed by atoms with van der Waals surface area (Å²) in [5.74, 6) is 0.689. The van der Waals surface area contributed by atoms with Crippen LogP contribution in [0.4, 0.5) is 0 Å². The lowest BCUT2D eigenvalue weighted by molar-refractivity contribution is -0.143. The summed E-state index contributed by atoms with van der Waals surface area (Å²) in [6.45, 7) is 5.42. The maximum atomic E-state index is 11.5. The van der Waals surface area contributed by atoms with Crippen LogP contribution >= 0.6 is 0 Å². The lowest BCUT2D eigenvalue weighted by Gasteiger charge is -2.10. The zero-order valence-electron chi connectivity index (χ0n) is 15.2. The Kier molecular flexibility index (Phi) is 7.48. The van der Waals surface area contributed by atoms with Crippen molar-refractivity contribution in [3.05, 3.63) is 64.7 Å². The second kappa shape index (κ2) is 9.84. The summed E-state index contributed by atoms with van der Waals surface area (Å²) in [5, 5.41) is 0. The fraction of sp³-hybridized carbons (Fsp3) is 0.381. The SMILES string of the molecule is CCOC(=O)CCc1ccc(C)c(COCc2ccc(OC)cc2)c1. The molecule has 0 saturated carbocycles. The smallest absolute Gasteiger partial charge is 0.306 e. The summed E-state index contributed by atoms with van der Waals surface area (Å²) in [5.41, 5.74) is 4.57. The van der Waals surface area contributed by atoms with E-state index in [0.29, 0.717) is 32.7 Å². The minimum Gasteiger partial charge on any atom is -0.497 e. The van der Waals surface area contributed by atoms with Crippen LogP contribution in [0.1, 0.15) is 35.6 Å². The summed E-state index contributed by atoms with van der Waals surface area (Å²) in [6, 6.07) is 14.1. The molecule has 0 aromatic heterocycles. The quantitative estimate of drug-likeness (QED) is 0.640. The van der Waals surface area contributed by atoms with Crippen LogP contribution < -0.4 is 4.74 Å². The highest BCUT2D eigenvalue weighted by molar-refractivity contribution is 5.69. The van der Waals surface area contributed by atoms with E-state index >= 15 is 0 Å². The molecular weight excluding hydrogens is 316 g/mol. The first kappa shape index (κ1) is 19.0. The first-order chi connectivity index (χ1) is 12.1. The Labute approximate surface area is 149 Å². The van der Waals surface area contributed by atoms with Gasteiger partial charge in [0.15, 0.2) is 0 Å². The van der Waals surface area contributed by atoms with Crippen molar-refractivity contribution in [1.29, 1.82) is 0 Å². The summed E-state index contributed by atoms with van der Waals surface area (Å²) >= 11 is 0. The van der Waals surface area contributed by atoms with Gasteiger partial charge in [-0.3, -0.25) is 4.79 Å². The molecular formula is C21H26O4. The number of benzene rings is 2. The van der Waals surface area contributed by atoms with Gasteiger partial charge >= 0.3 is 5.97 Å². The Morgan fingerprint density at radius 1 is 1.00 bits per heavy atom. The highest BCUT2D eigenvalue weighted by Gasteiger charge is 2.06. The maximum Gasteiger partial charge on any atom is 0.306 e. The molecule has 0 bridgehead atoms. The summed E-state index contributed by atoms with van der Waals surface area (Å²) in [4.78, 5) is 11.5. The fourth-order valence-corrected chi connectivity index (χ4v) is 2.52. The Hall–Kier alpha value is -2.33. The third-order valence-corrected chi connectivity index (χ3v) is 4.02. The Bertz CT molecular complexity index is 677. The molecule has 0 N–H and O–H groups in total. The van der Waals surface area contributed by atoms with Gasteiger partial charge in [-0.1, -0.05) is 30.3 Å². The normalized spacial score (nSPS) is 10.5. The highest BCUT2D eigenvalue weighted by atomic mass is 16.5. The predicted octanol–water partition coefficient (Wildman–Crippen LogP) is 4.22. The van der Waals surface area contributed by atoms with Crippen molar-refractivity contribution in [1.82, 2.24) is 0 Å². The number of rotatable bonds is 9. The van der Waals surface area contributed by atoms with Crippen LogP contribution in [-0.2, 0) is 33.9 Å². The van der Waals surface area contributed by atoms with Crippen molar-refractivity contribution >= 4 is 5.97 Å². The van der Waals surface area contributed by atoms with Crippen LogP contribution in [0.2, 0.25) is 0 Å². The van der Waals surface area contributed by atoms with E-state index in [1.54, 1.807) is 7.11 Å². The average molecular weight is 342 g/mol. The number of methoxy groups -OCH3 is 1. The predicted molar refractivity (Wildman–Crippen MR) is 97.6 cm³/mol. The lowest BCUT2D eigenvalue weighted by Crippen LogP contribution is -2.05. The van der Waals surface area contributed by atoms with Gasteiger partial charge < -0.3 is 14.2 Å². The van der Waals surface area contributed by atoms with Crippen LogP contribution in [0, 0.1) is 6.92 Å². The molecule has 4 nitrogen and oxygen atoms in total. The van der Waals surface area contributed by atoms with Crippen LogP contribution in [0.25, 0.3) is 0 Å². The number of hydrogen-bond acceptors (Lipinski definition) is 4. The molecule has 0 fully saturated rings. The average Bonchev–Trinajstić information content (AvgIpc) is 2.63. The molecule has 0 aliphatic carbocycles. The standard InChI is InChI=1S/C21H26O4/c1-4-25-21(22)12-9-17-6-5-16(2)19(13-17)15-24-14-18-7-10-20(23-3)11-8-18/h5-8,10-11,13H,4,9,12,14-15H2,1-3H3. The third-order valence-electron chi connectivity index (χ3n) is 4.02. The topological polar surface area (TPSA) is 44.8 Å². The lowest BCUT2D eigenvalue weighted by atomic mass is 10.0. The van der Waals surface area contributed by atoms with Gasteiger partial charge in [-0.15, -0.1) is 0 Å². The van der Waals surface area contributed by atoms with Crippen molar-refractivity contribution < 1.29 is 19.0 Å². The van der Waals surface area contributed by atoms with Gasteiger partial charge in [-0.05, 0) is 54.7 Å². The minimum absolute atomic E-state index is 0.152. The Morgan fingerprint density at radius 2 is 1.72 bits per heavy atom. The molecule has 0 amide bonds. The van der Waals surface area contributed by atoms with Crippen molar-refractivity contribution in [2.24, 2.45) is 0 Å². The van der Waals surface area contributed by atoms with Gasteiger partial charge in [0, 0.05) is 6.42 Å². The zero-order chi connectivity index (χ0) is 18.1.